The molecule has 4 fully saturated rings. The molecule has 6 atom stereocenters. The fraction of sp³-hybridized carbons (Fsp3) is 0.900. The third kappa shape index (κ3) is 1.69. The maximum absolute atomic E-state index is 11.0. The van der Waals surface area contributed by atoms with E-state index in [1.807, 2.05) is 0 Å². The van der Waals surface area contributed by atoms with Crippen LogP contribution in [0.25, 0.3) is 0 Å². The van der Waals surface area contributed by atoms with Crippen LogP contribution in [0.1, 0.15) is 72.1 Å². The Labute approximate surface area is 135 Å². The number of hydrogen-bond donors (Lipinski definition) is 1. The van der Waals surface area contributed by atoms with Gasteiger partial charge in [-0.2, -0.15) is 0 Å². The molecule has 0 amide bonds. The third-order valence-electron chi connectivity index (χ3n) is 8.17. The van der Waals surface area contributed by atoms with Gasteiger partial charge in [0, 0.05) is 5.41 Å². The molecule has 0 aromatic carbocycles. The number of hydrogen-bond acceptors (Lipinski definition) is 2. The normalized spacial score (nSPS) is 56.1. The van der Waals surface area contributed by atoms with Crippen LogP contribution in [0.2, 0.25) is 0 Å². The number of ether oxygens (including phenoxy) is 1. The summed E-state index contributed by atoms with van der Waals surface area (Å²) in [6.07, 6.45) is 11.1. The van der Waals surface area contributed by atoms with Crippen LogP contribution in [-0.2, 0) is 4.74 Å². The van der Waals surface area contributed by atoms with Crippen LogP contribution in [-0.4, -0.2) is 17.0 Å². The van der Waals surface area contributed by atoms with Gasteiger partial charge in [-0.05, 0) is 67.6 Å². The zero-order valence-electron chi connectivity index (χ0n) is 14.5. The Morgan fingerprint density at radius 3 is 2.50 bits per heavy atom. The van der Waals surface area contributed by atoms with Gasteiger partial charge in [0.2, 0.25) is 0 Å². The molecule has 4 rings (SSSR count). The Kier molecular flexibility index (Phi) is 3.03. The lowest BCUT2D eigenvalue weighted by molar-refractivity contribution is -0.181. The van der Waals surface area contributed by atoms with Crippen molar-refractivity contribution >= 4 is 0 Å². The molecular formula is C20H32O2. The van der Waals surface area contributed by atoms with Crippen LogP contribution >= 0.6 is 0 Å². The Balaban J connectivity index is 1.78. The molecule has 1 aliphatic heterocycles. The molecular weight excluding hydrogens is 272 g/mol. The van der Waals surface area contributed by atoms with Gasteiger partial charge in [0.15, 0.2) is 6.29 Å². The van der Waals surface area contributed by atoms with Crippen LogP contribution < -0.4 is 0 Å². The van der Waals surface area contributed by atoms with Gasteiger partial charge in [0.05, 0.1) is 5.60 Å². The highest BCUT2D eigenvalue weighted by Gasteiger charge is 2.72. The van der Waals surface area contributed by atoms with E-state index in [1.54, 1.807) is 0 Å². The van der Waals surface area contributed by atoms with Crippen molar-refractivity contribution in [2.24, 2.45) is 28.1 Å². The van der Waals surface area contributed by atoms with Gasteiger partial charge in [-0.3, -0.25) is 0 Å². The first-order valence-electron chi connectivity index (χ1n) is 9.28. The molecule has 4 aliphatic rings. The molecule has 22 heavy (non-hydrogen) atoms. The van der Waals surface area contributed by atoms with Crippen LogP contribution in [0.3, 0.4) is 0 Å². The Hall–Kier alpha value is -0.340. The zero-order valence-corrected chi connectivity index (χ0v) is 14.5. The van der Waals surface area contributed by atoms with E-state index in [2.05, 4.69) is 33.4 Å². The molecule has 3 aliphatic carbocycles. The second-order valence-corrected chi connectivity index (χ2v) is 9.71. The van der Waals surface area contributed by atoms with Gasteiger partial charge in [-0.15, -0.1) is 6.58 Å². The van der Waals surface area contributed by atoms with E-state index >= 15 is 0 Å². The lowest BCUT2D eigenvalue weighted by atomic mass is 9.43. The van der Waals surface area contributed by atoms with E-state index in [1.165, 1.54) is 38.5 Å². The summed E-state index contributed by atoms with van der Waals surface area (Å²) >= 11 is 0. The molecule has 6 unspecified atom stereocenters. The number of allylic oxidation sites excluding steroid dienone is 1. The van der Waals surface area contributed by atoms with Crippen LogP contribution in [0, 0.1) is 28.1 Å². The highest BCUT2D eigenvalue weighted by molar-refractivity contribution is 5.20. The number of aliphatic hydroxyl groups is 1. The Bertz CT molecular complexity index is 498. The van der Waals surface area contributed by atoms with Crippen LogP contribution in [0.15, 0.2) is 12.7 Å². The van der Waals surface area contributed by atoms with E-state index < -0.39 is 6.29 Å². The summed E-state index contributed by atoms with van der Waals surface area (Å²) in [6, 6.07) is 0. The van der Waals surface area contributed by atoms with Crippen molar-refractivity contribution < 1.29 is 9.84 Å². The van der Waals surface area contributed by atoms with Crippen molar-refractivity contribution in [1.82, 2.24) is 0 Å². The molecule has 1 saturated heterocycles. The fourth-order valence-corrected chi connectivity index (χ4v) is 7.20. The molecule has 1 N–H and O–H groups in total. The summed E-state index contributed by atoms with van der Waals surface area (Å²) in [4.78, 5) is 0. The summed E-state index contributed by atoms with van der Waals surface area (Å²) in [5.74, 6) is 1.18. The summed E-state index contributed by atoms with van der Waals surface area (Å²) in [7, 11) is 0. The van der Waals surface area contributed by atoms with Gasteiger partial charge >= 0.3 is 0 Å². The van der Waals surface area contributed by atoms with Gasteiger partial charge < -0.3 is 9.84 Å². The van der Waals surface area contributed by atoms with Crippen molar-refractivity contribution in [1.29, 1.82) is 0 Å². The average molecular weight is 304 g/mol. The molecule has 0 aromatic rings. The van der Waals surface area contributed by atoms with Gasteiger partial charge in [-0.25, -0.2) is 0 Å². The van der Waals surface area contributed by atoms with Gasteiger partial charge in [0.1, 0.15) is 0 Å². The summed E-state index contributed by atoms with van der Waals surface area (Å²) in [6.45, 7) is 11.2. The first kappa shape index (κ1) is 15.2. The molecule has 0 radical (unpaired) electrons. The van der Waals surface area contributed by atoms with E-state index in [0.29, 0.717) is 17.3 Å². The summed E-state index contributed by atoms with van der Waals surface area (Å²) in [5.41, 5.74) is 0.476. The second-order valence-electron chi connectivity index (χ2n) is 9.71. The van der Waals surface area contributed by atoms with E-state index in [4.69, 9.17) is 4.74 Å². The van der Waals surface area contributed by atoms with Crippen LogP contribution in [0.4, 0.5) is 0 Å². The summed E-state index contributed by atoms with van der Waals surface area (Å²) in [5, 5.41) is 11.0. The standard InChI is InChI=1S/C20H32O2/c1-5-18(4)11-7-15-19(13-18)12-8-14-17(2,3)9-6-10-20(14,15)16(21)22-19/h5,14-16,21H,1,6-13H2,2-4H3. The molecule has 2 nitrogen and oxygen atoms in total. The maximum Gasteiger partial charge on any atom is 0.161 e. The van der Waals surface area contributed by atoms with Crippen molar-refractivity contribution in [3.05, 3.63) is 12.7 Å². The van der Waals surface area contributed by atoms with Crippen molar-refractivity contribution in [2.75, 3.05) is 0 Å². The average Bonchev–Trinajstić information content (AvgIpc) is 2.59. The van der Waals surface area contributed by atoms with Crippen molar-refractivity contribution in [3.63, 3.8) is 0 Å². The lowest BCUT2D eigenvalue weighted by Gasteiger charge is -2.60. The first-order valence-corrected chi connectivity index (χ1v) is 9.28. The molecule has 0 aromatic heterocycles. The predicted molar refractivity (Wildman–Crippen MR) is 88.3 cm³/mol. The quantitative estimate of drug-likeness (QED) is 0.713. The monoisotopic (exact) mass is 304 g/mol. The van der Waals surface area contributed by atoms with Crippen molar-refractivity contribution in [2.45, 2.75) is 84.0 Å². The SMILES string of the molecule is C=CC1(C)CCC2C3(CCC4C(C)(C)CCCC42C(O)O3)C1. The lowest BCUT2D eigenvalue weighted by Crippen LogP contribution is -2.58. The van der Waals surface area contributed by atoms with Crippen molar-refractivity contribution in [3.8, 4) is 0 Å². The third-order valence-corrected chi connectivity index (χ3v) is 8.17. The maximum atomic E-state index is 11.0. The summed E-state index contributed by atoms with van der Waals surface area (Å²) < 4.78 is 6.44. The van der Waals surface area contributed by atoms with E-state index in [9.17, 15) is 5.11 Å². The van der Waals surface area contributed by atoms with Crippen LogP contribution in [0.5, 0.6) is 0 Å². The topological polar surface area (TPSA) is 29.5 Å². The minimum atomic E-state index is -0.545. The molecule has 2 heteroatoms. The van der Waals surface area contributed by atoms with E-state index in [-0.39, 0.29) is 16.4 Å². The Morgan fingerprint density at radius 2 is 1.77 bits per heavy atom. The number of rotatable bonds is 1. The zero-order chi connectivity index (χ0) is 15.8. The molecule has 124 valence electrons. The first-order chi connectivity index (χ1) is 10.3. The minimum Gasteiger partial charge on any atom is -0.367 e. The minimum absolute atomic E-state index is 0.0303. The van der Waals surface area contributed by atoms with E-state index in [0.717, 1.165) is 12.8 Å². The Morgan fingerprint density at radius 1 is 1.05 bits per heavy atom. The van der Waals surface area contributed by atoms with Gasteiger partial charge in [0.25, 0.3) is 0 Å². The number of aliphatic hydroxyl groups excluding tert-OH is 1. The molecule has 1 heterocycles. The molecule has 3 saturated carbocycles. The fourth-order valence-electron chi connectivity index (χ4n) is 7.20. The second kappa shape index (κ2) is 4.39. The molecule has 1 spiro atoms. The highest BCUT2D eigenvalue weighted by Crippen LogP contribution is 2.72. The van der Waals surface area contributed by atoms with Gasteiger partial charge in [-0.1, -0.05) is 33.3 Å². The largest absolute Gasteiger partial charge is 0.367 e. The highest BCUT2D eigenvalue weighted by atomic mass is 16.6. The smallest absolute Gasteiger partial charge is 0.161 e. The predicted octanol–water partition coefficient (Wildman–Crippen LogP) is 4.67. The molecule has 2 bridgehead atoms.